The molecule has 158 valence electrons. The number of carbonyl (C=O) groups is 1. The van der Waals surface area contributed by atoms with Crippen LogP contribution in [0.15, 0.2) is 41.3 Å². The summed E-state index contributed by atoms with van der Waals surface area (Å²) in [6.07, 6.45) is 0. The molecule has 0 radical (unpaired) electrons. The number of hydrogen-bond donors (Lipinski definition) is 1. The molecule has 0 bridgehead atoms. The molecule has 2 aromatic carbocycles. The van der Waals surface area contributed by atoms with Crippen molar-refractivity contribution in [2.45, 2.75) is 32.3 Å². The fourth-order valence-electron chi connectivity index (χ4n) is 2.65. The molecular weight excluding hydrogens is 409 g/mol. The molecule has 0 saturated carbocycles. The lowest BCUT2D eigenvalue weighted by molar-refractivity contribution is -0.0502. The normalized spacial score (nSPS) is 11.7. The van der Waals surface area contributed by atoms with E-state index in [1.165, 1.54) is 22.5 Å². The Morgan fingerprint density at radius 3 is 2.38 bits per heavy atom. The lowest BCUT2D eigenvalue weighted by Crippen LogP contribution is -2.31. The lowest BCUT2D eigenvalue weighted by Gasteiger charge is -2.19. The zero-order valence-corrected chi connectivity index (χ0v) is 16.9. The zero-order valence-electron chi connectivity index (χ0n) is 16.1. The number of benzene rings is 2. The van der Waals surface area contributed by atoms with Crippen molar-refractivity contribution >= 4 is 21.6 Å². The van der Waals surface area contributed by atoms with E-state index in [0.717, 1.165) is 18.2 Å². The van der Waals surface area contributed by atoms with E-state index < -0.39 is 33.9 Å². The van der Waals surface area contributed by atoms with Crippen molar-refractivity contribution < 1.29 is 31.1 Å². The topological polar surface area (TPSA) is 75.7 Å². The van der Waals surface area contributed by atoms with Gasteiger partial charge in [-0.25, -0.2) is 12.8 Å². The highest BCUT2D eigenvalue weighted by molar-refractivity contribution is 7.89. The molecule has 0 aliphatic carbocycles. The van der Waals surface area contributed by atoms with E-state index in [1.807, 2.05) is 0 Å². The third-order valence-corrected chi connectivity index (χ3v) is 6.23. The highest BCUT2D eigenvalue weighted by atomic mass is 32.2. The highest BCUT2D eigenvalue weighted by Crippen LogP contribution is 2.25. The van der Waals surface area contributed by atoms with E-state index in [-0.39, 0.29) is 29.4 Å². The van der Waals surface area contributed by atoms with E-state index in [0.29, 0.717) is 5.56 Å². The van der Waals surface area contributed by atoms with Crippen LogP contribution < -0.4 is 10.1 Å². The predicted octanol–water partition coefficient (Wildman–Crippen LogP) is 4.02. The number of alkyl halides is 2. The van der Waals surface area contributed by atoms with Gasteiger partial charge in [0.2, 0.25) is 10.0 Å². The zero-order chi connectivity index (χ0) is 21.8. The van der Waals surface area contributed by atoms with E-state index in [4.69, 9.17) is 0 Å². The van der Waals surface area contributed by atoms with Gasteiger partial charge in [0.15, 0.2) is 0 Å². The Bertz CT molecular complexity index is 993. The molecule has 1 amide bonds. The number of anilines is 1. The third kappa shape index (κ3) is 5.27. The highest BCUT2D eigenvalue weighted by Gasteiger charge is 2.24. The summed E-state index contributed by atoms with van der Waals surface area (Å²) < 4.78 is 69.9. The van der Waals surface area contributed by atoms with Crippen molar-refractivity contribution in [2.75, 3.05) is 18.4 Å². The number of sulfonamides is 1. The summed E-state index contributed by atoms with van der Waals surface area (Å²) >= 11 is 0. The minimum absolute atomic E-state index is 0.0904. The smallest absolute Gasteiger partial charge is 0.387 e. The first-order valence-electron chi connectivity index (χ1n) is 8.76. The van der Waals surface area contributed by atoms with Gasteiger partial charge in [-0.3, -0.25) is 4.79 Å². The minimum Gasteiger partial charge on any atom is -0.434 e. The Labute approximate surface area is 167 Å². The van der Waals surface area contributed by atoms with Crippen molar-refractivity contribution in [1.82, 2.24) is 4.31 Å². The van der Waals surface area contributed by atoms with Crippen LogP contribution >= 0.6 is 0 Å². The summed E-state index contributed by atoms with van der Waals surface area (Å²) in [5, 5.41) is 2.36. The number of carbonyl (C=O) groups excluding carboxylic acids is 1. The summed E-state index contributed by atoms with van der Waals surface area (Å²) in [5.41, 5.74) is 0.0181. The predicted molar refractivity (Wildman–Crippen MR) is 102 cm³/mol. The Balaban J connectivity index is 2.35. The van der Waals surface area contributed by atoms with Crippen LogP contribution in [0.3, 0.4) is 0 Å². The molecule has 0 saturated heterocycles. The number of halogens is 3. The molecule has 1 N–H and O–H groups in total. The molecule has 10 heteroatoms. The Morgan fingerprint density at radius 1 is 1.14 bits per heavy atom. The van der Waals surface area contributed by atoms with Crippen LogP contribution in [-0.4, -0.2) is 38.3 Å². The molecule has 0 aliphatic heterocycles. The van der Waals surface area contributed by atoms with Gasteiger partial charge >= 0.3 is 6.61 Å². The van der Waals surface area contributed by atoms with Gasteiger partial charge in [-0.1, -0.05) is 19.9 Å². The van der Waals surface area contributed by atoms with Crippen LogP contribution in [0.25, 0.3) is 0 Å². The first-order chi connectivity index (χ1) is 13.6. The second kappa shape index (κ2) is 9.27. The lowest BCUT2D eigenvalue weighted by atomic mass is 10.1. The van der Waals surface area contributed by atoms with Crippen molar-refractivity contribution in [1.29, 1.82) is 0 Å². The van der Waals surface area contributed by atoms with Crippen LogP contribution in [0, 0.1) is 12.7 Å². The van der Waals surface area contributed by atoms with E-state index in [1.54, 1.807) is 20.8 Å². The quantitative estimate of drug-likeness (QED) is 0.687. The van der Waals surface area contributed by atoms with Crippen LogP contribution in [-0.2, 0) is 10.0 Å². The second-order valence-electron chi connectivity index (χ2n) is 6.04. The fourth-order valence-corrected chi connectivity index (χ4v) is 4.14. The maximum absolute atomic E-state index is 14.2. The number of rotatable bonds is 8. The molecule has 29 heavy (non-hydrogen) atoms. The fraction of sp³-hybridized carbons (Fsp3) is 0.316. The Kier molecular flexibility index (Phi) is 7.26. The van der Waals surface area contributed by atoms with Crippen LogP contribution in [0.2, 0.25) is 0 Å². The van der Waals surface area contributed by atoms with Crippen LogP contribution in [0.4, 0.5) is 18.9 Å². The number of nitrogens with one attached hydrogen (secondary N) is 1. The van der Waals surface area contributed by atoms with Gasteiger partial charge in [0, 0.05) is 24.8 Å². The number of aryl methyl sites for hydroxylation is 1. The van der Waals surface area contributed by atoms with Crippen molar-refractivity contribution in [3.05, 3.63) is 53.3 Å². The van der Waals surface area contributed by atoms with Crippen molar-refractivity contribution in [3.63, 3.8) is 0 Å². The number of hydrogen-bond acceptors (Lipinski definition) is 4. The number of ether oxygens (including phenoxy) is 1. The molecule has 0 heterocycles. The SMILES string of the molecule is CCN(CC)S(=O)(=O)c1ccc(F)c(C(=O)Nc2ccc(C)c(OC(F)F)c2)c1. The van der Waals surface area contributed by atoms with E-state index in [9.17, 15) is 26.4 Å². The van der Waals surface area contributed by atoms with Gasteiger partial charge in [-0.2, -0.15) is 13.1 Å². The molecule has 0 atom stereocenters. The standard InChI is InChI=1S/C19H21F3N2O4S/c1-4-24(5-2)29(26,27)14-8-9-16(20)15(11-14)18(25)23-13-7-6-12(3)17(10-13)28-19(21)22/h6-11,19H,4-5H2,1-3H3,(H,23,25). The van der Waals surface area contributed by atoms with E-state index in [2.05, 4.69) is 10.1 Å². The molecule has 2 rings (SSSR count). The summed E-state index contributed by atoms with van der Waals surface area (Å²) in [7, 11) is -3.89. The van der Waals surface area contributed by atoms with Crippen molar-refractivity contribution in [2.24, 2.45) is 0 Å². The second-order valence-corrected chi connectivity index (χ2v) is 7.98. The maximum Gasteiger partial charge on any atom is 0.387 e. The maximum atomic E-state index is 14.2. The third-order valence-electron chi connectivity index (χ3n) is 4.19. The summed E-state index contributed by atoms with van der Waals surface area (Å²) in [4.78, 5) is 12.3. The first-order valence-corrected chi connectivity index (χ1v) is 10.2. The number of amides is 1. The molecule has 6 nitrogen and oxygen atoms in total. The average Bonchev–Trinajstić information content (AvgIpc) is 2.65. The molecule has 0 aliphatic rings. The largest absolute Gasteiger partial charge is 0.434 e. The van der Waals surface area contributed by atoms with Gasteiger partial charge in [-0.15, -0.1) is 0 Å². The summed E-state index contributed by atoms with van der Waals surface area (Å²) in [6, 6.07) is 6.98. The van der Waals surface area contributed by atoms with Gasteiger partial charge in [0.25, 0.3) is 5.91 Å². The van der Waals surface area contributed by atoms with Crippen LogP contribution in [0.5, 0.6) is 5.75 Å². The van der Waals surface area contributed by atoms with Gasteiger partial charge in [-0.05, 0) is 36.8 Å². The number of nitrogens with zero attached hydrogens (tertiary/aromatic N) is 1. The molecule has 0 unspecified atom stereocenters. The summed E-state index contributed by atoms with van der Waals surface area (Å²) in [6.45, 7) is 2.26. The molecule has 0 fully saturated rings. The molecular formula is C19H21F3N2O4S. The van der Waals surface area contributed by atoms with Crippen molar-refractivity contribution in [3.8, 4) is 5.75 Å². The molecule has 0 aromatic heterocycles. The summed E-state index contributed by atoms with van der Waals surface area (Å²) in [5.74, 6) is -1.99. The average molecular weight is 430 g/mol. The Hall–Kier alpha value is -2.59. The van der Waals surface area contributed by atoms with Gasteiger partial charge in [0.05, 0.1) is 10.5 Å². The van der Waals surface area contributed by atoms with Crippen LogP contribution in [0.1, 0.15) is 29.8 Å². The first kappa shape index (κ1) is 22.7. The monoisotopic (exact) mass is 430 g/mol. The Morgan fingerprint density at radius 2 is 1.79 bits per heavy atom. The molecule has 0 spiro atoms. The molecule has 2 aromatic rings. The minimum atomic E-state index is -3.89. The van der Waals surface area contributed by atoms with Gasteiger partial charge < -0.3 is 10.1 Å². The van der Waals surface area contributed by atoms with E-state index >= 15 is 0 Å². The van der Waals surface area contributed by atoms with Gasteiger partial charge in [0.1, 0.15) is 11.6 Å².